The van der Waals surface area contributed by atoms with E-state index in [1.807, 2.05) is 6.92 Å². The van der Waals surface area contributed by atoms with E-state index in [4.69, 9.17) is 43.6 Å². The highest BCUT2D eigenvalue weighted by molar-refractivity contribution is 6.12. The average Bonchev–Trinajstić information content (AvgIpc) is 1.56. The Hall–Kier alpha value is -6.73. The first-order valence-corrected chi connectivity index (χ1v) is 38.7. The summed E-state index contributed by atoms with van der Waals surface area (Å²) in [4.78, 5) is 123. The molecular formula is C76H113F2N9O22. The van der Waals surface area contributed by atoms with Crippen molar-refractivity contribution in [1.29, 1.82) is 0 Å². The number of urea groups is 1. The van der Waals surface area contributed by atoms with Crippen molar-refractivity contribution >= 4 is 52.9 Å². The number of nitrogens with zero attached hydrogens (tertiary/aromatic N) is 4. The number of carbonyl (C=O) groups is 9. The molecular weight excluding hydrogens is 1430 g/mol. The van der Waals surface area contributed by atoms with Gasteiger partial charge in [-0.1, -0.05) is 83.4 Å². The first kappa shape index (κ1) is 86.3. The fourth-order valence-electron chi connectivity index (χ4n) is 17.4. The highest BCUT2D eigenvalue weighted by atomic mass is 19.1. The van der Waals surface area contributed by atoms with Crippen LogP contribution in [-0.2, 0) is 82.7 Å². The third kappa shape index (κ3) is 19.8. The quantitative estimate of drug-likeness (QED) is 0.0332. The minimum atomic E-state index is -2.35. The number of ether oxygens (including phenoxy) is 8. The molecule has 8 aliphatic rings. The van der Waals surface area contributed by atoms with Gasteiger partial charge in [-0.2, -0.15) is 0 Å². The minimum Gasteiger partial charge on any atom is -0.394 e. The number of halogens is 2. The van der Waals surface area contributed by atoms with Crippen LogP contribution in [0.2, 0.25) is 0 Å². The number of ketones is 3. The lowest BCUT2D eigenvalue weighted by Gasteiger charge is -2.63. The lowest BCUT2D eigenvalue weighted by molar-refractivity contribution is -0.254. The molecule has 0 spiro atoms. The Bertz CT molecular complexity index is 3450. The Labute approximate surface area is 633 Å². The summed E-state index contributed by atoms with van der Waals surface area (Å²) in [5.41, 5.74) is -0.00597. The molecule has 109 heavy (non-hydrogen) atoms. The lowest BCUT2D eigenvalue weighted by atomic mass is 9.44. The van der Waals surface area contributed by atoms with E-state index < -0.39 is 174 Å². The molecule has 33 heteroatoms. The van der Waals surface area contributed by atoms with Crippen molar-refractivity contribution in [3.8, 4) is 0 Å². The zero-order valence-corrected chi connectivity index (χ0v) is 63.3. The monoisotopic (exact) mass is 1540 g/mol. The molecule has 3 aliphatic heterocycles. The second kappa shape index (κ2) is 39.1. The van der Waals surface area contributed by atoms with Crippen molar-refractivity contribution < 1.29 is 115 Å². The van der Waals surface area contributed by atoms with Crippen molar-refractivity contribution in [2.45, 2.75) is 229 Å². The number of Topliss-reactive ketones (excluding diaryl/α,β-unsaturated/α-hetero) is 3. The summed E-state index contributed by atoms with van der Waals surface area (Å²) >= 11 is 0. The number of aliphatic hydroxyl groups excluding tert-OH is 5. The second-order valence-corrected chi connectivity index (χ2v) is 30.8. The number of unbranched alkanes of at least 4 members (excludes halogenated alkanes) is 1. The number of fused-ring (bicyclic) bond motifs is 8. The molecule has 1 aromatic rings. The number of alkyl halides is 2. The number of primary amides is 1. The first-order chi connectivity index (χ1) is 52.0. The summed E-state index contributed by atoms with van der Waals surface area (Å²) in [5.74, 6) is -8.55. The summed E-state index contributed by atoms with van der Waals surface area (Å²) in [6, 6.07) is -2.02. The predicted molar refractivity (Wildman–Crippen MR) is 384 cm³/mol. The van der Waals surface area contributed by atoms with Crippen LogP contribution in [0.1, 0.15) is 167 Å². The summed E-state index contributed by atoms with van der Waals surface area (Å²) in [6.07, 6.45) is -1.97. The highest BCUT2D eigenvalue weighted by Crippen LogP contribution is 2.72. The molecule has 1 aromatic heterocycles. The van der Waals surface area contributed by atoms with Gasteiger partial charge in [0.2, 0.25) is 17.7 Å². The van der Waals surface area contributed by atoms with Crippen LogP contribution in [-0.4, -0.2) is 257 Å². The van der Waals surface area contributed by atoms with Crippen LogP contribution in [0.15, 0.2) is 48.1 Å². The number of hydrogen-bond donors (Lipinski definition) is 10. The molecule has 608 valence electrons. The maximum absolute atomic E-state index is 18.3. The number of aliphatic hydroxyl groups is 5. The van der Waals surface area contributed by atoms with E-state index in [2.05, 4.69) is 38.2 Å². The zero-order chi connectivity index (χ0) is 79.0. The van der Waals surface area contributed by atoms with Gasteiger partial charge < -0.3 is 90.4 Å². The lowest BCUT2D eigenvalue weighted by Crippen LogP contribution is -2.71. The van der Waals surface area contributed by atoms with Gasteiger partial charge in [-0.3, -0.25) is 43.3 Å². The van der Waals surface area contributed by atoms with Crippen LogP contribution in [0.3, 0.4) is 0 Å². The average molecular weight is 1540 g/mol. The van der Waals surface area contributed by atoms with E-state index in [0.29, 0.717) is 55.5 Å². The predicted octanol–water partition coefficient (Wildman–Crippen LogP) is 2.71. The summed E-state index contributed by atoms with van der Waals surface area (Å²) in [5, 5.41) is 73.4. The van der Waals surface area contributed by atoms with Crippen LogP contribution in [0, 0.1) is 40.4 Å². The topological polar surface area (TPSA) is 437 Å². The molecule has 31 nitrogen and oxygen atoms in total. The number of imide groups is 1. The molecule has 0 aromatic carbocycles. The van der Waals surface area contributed by atoms with E-state index in [1.54, 1.807) is 45.9 Å². The van der Waals surface area contributed by atoms with Gasteiger partial charge in [0.25, 0.3) is 11.8 Å². The number of nitrogens with two attached hydrogens (primary N) is 1. The largest absolute Gasteiger partial charge is 0.394 e. The van der Waals surface area contributed by atoms with Crippen LogP contribution in [0.5, 0.6) is 0 Å². The smallest absolute Gasteiger partial charge is 0.312 e. The van der Waals surface area contributed by atoms with E-state index in [0.717, 1.165) is 24.2 Å². The standard InChI is InChI=1S/C76H113F2N9O22/c1-7-14-63-108-59-39-49-50-38-52(77)51-35-45(4)21-23-73(51,5)75(50,78)57(91)40-74(49,6)76(59,109-63)58(92)41-82-69(99)47(16-13-25-81-72(79)101)37-54(90)64(44(2)3)83-70(100)46(36-48(89)22-27-102-29-31-104-33-34-105-32-30-103-28-26-86-61(94)19-20-62(86)95)15-11-12-24-80-60(93)43-106-55-18-10-8-9-17-53-65(55)84-85-87(53)71-68(98)67(97)66(96)56(42-88)107-71/h19-21,23,35,44,46-47,49-50,52,55-57,59,63-64,66-68,71,88,91,96-98H,4,7-18,22,24-34,36-43H2,1-3,5-6H3,(H,80,93)(H,82,99)(H,83,100)(H3,79,81,101)/t46-,47+,49-,50-,52-,55?,56+,57-,59+,63?,64-,66-,67-,68+,71?,73-,74-,75-,76+/m0/s1. The third-order valence-electron chi connectivity index (χ3n) is 23.2. The van der Waals surface area contributed by atoms with Crippen LogP contribution < -0.4 is 27.0 Å². The molecule has 4 heterocycles. The maximum atomic E-state index is 18.3. The van der Waals surface area contributed by atoms with Crippen molar-refractivity contribution in [3.63, 3.8) is 0 Å². The number of amides is 7. The Morgan fingerprint density at radius 3 is 2.15 bits per heavy atom. The van der Waals surface area contributed by atoms with Gasteiger partial charge in [0.05, 0.1) is 96.5 Å². The number of hydrogen-bond acceptors (Lipinski definition) is 24. The fourth-order valence-corrected chi connectivity index (χ4v) is 17.4. The Morgan fingerprint density at radius 2 is 1.47 bits per heavy atom. The summed E-state index contributed by atoms with van der Waals surface area (Å²) in [7, 11) is 0. The van der Waals surface area contributed by atoms with Crippen molar-refractivity contribution in [2.24, 2.45) is 46.2 Å². The molecule has 3 unspecified atom stereocenters. The Balaban J connectivity index is 0.814. The van der Waals surface area contributed by atoms with Gasteiger partial charge in [0.15, 0.2) is 35.4 Å². The van der Waals surface area contributed by atoms with Crippen LogP contribution >= 0.6 is 0 Å². The molecule has 5 aliphatic carbocycles. The van der Waals surface area contributed by atoms with Crippen molar-refractivity contribution in [2.75, 3.05) is 92.2 Å². The molecule has 3 saturated carbocycles. The van der Waals surface area contributed by atoms with Gasteiger partial charge >= 0.3 is 6.03 Å². The number of nitrogens with one attached hydrogen (secondary N) is 4. The van der Waals surface area contributed by atoms with Gasteiger partial charge in [-0.25, -0.2) is 18.3 Å². The van der Waals surface area contributed by atoms with E-state index in [1.165, 1.54) is 16.8 Å². The van der Waals surface area contributed by atoms with E-state index in [-0.39, 0.29) is 154 Å². The molecule has 0 radical (unpaired) electrons. The number of aromatic nitrogens is 3. The van der Waals surface area contributed by atoms with Gasteiger partial charge in [-0.15, -0.1) is 5.10 Å². The number of rotatable bonds is 43. The van der Waals surface area contributed by atoms with E-state index >= 15 is 13.6 Å². The molecule has 2 saturated heterocycles. The third-order valence-corrected chi connectivity index (χ3v) is 23.2. The Morgan fingerprint density at radius 1 is 0.798 bits per heavy atom. The van der Waals surface area contributed by atoms with Gasteiger partial charge in [0.1, 0.15) is 54.8 Å². The minimum absolute atomic E-state index is 0.00158. The fraction of sp³-hybridized carbons (Fsp3) is 0.750. The molecule has 9 rings (SSSR count). The first-order valence-electron chi connectivity index (χ1n) is 38.7. The van der Waals surface area contributed by atoms with Crippen LogP contribution in [0.4, 0.5) is 13.6 Å². The van der Waals surface area contributed by atoms with Gasteiger partial charge in [-0.05, 0) is 101 Å². The second-order valence-electron chi connectivity index (χ2n) is 30.8. The van der Waals surface area contributed by atoms with E-state index in [9.17, 15) is 63.9 Å². The number of allylic oxidation sites excluding steroid dienone is 5. The molecule has 0 bridgehead atoms. The normalized spacial score (nSPS) is 31.3. The Kier molecular flexibility index (Phi) is 31.0. The highest BCUT2D eigenvalue weighted by Gasteiger charge is 2.80. The summed E-state index contributed by atoms with van der Waals surface area (Å²) < 4.78 is 83.6. The zero-order valence-electron chi connectivity index (χ0n) is 63.3. The van der Waals surface area contributed by atoms with Crippen LogP contribution in [0.25, 0.3) is 0 Å². The molecule has 5 fully saturated rings. The molecule has 7 amide bonds. The maximum Gasteiger partial charge on any atom is 0.312 e. The molecule has 11 N–H and O–H groups in total. The van der Waals surface area contributed by atoms with Crippen molar-refractivity contribution in [3.05, 3.63) is 59.5 Å². The van der Waals surface area contributed by atoms with Crippen molar-refractivity contribution in [1.82, 2.24) is 41.2 Å². The van der Waals surface area contributed by atoms with Gasteiger partial charge in [0, 0.05) is 73.1 Å². The SMILES string of the molecule is C=C1C=C[C@@]2(C)C(=C1)[C@@H](F)C[C@H]1[C@@H]3C[C@H]4OC(CCC)O[C@@]4(C(=O)CNC(=O)[C@H](CCCNC(N)=O)CC(=O)[C@@H](NC(=O)[C@@H](CCCCNC(=O)COC4CCCCCc5c4nnn5C4O[C@H](CO)[C@H](O)[C@H](O)[C@H]4O)CC(=O)CCOCCOCCOCCOCCN4C(=O)C=CC4=O)C(C)C)[C@@]3(C)C[C@H](O)[C@@]12F. The summed E-state index contributed by atoms with van der Waals surface area (Å²) in [6.45, 7) is 12.7. The molecule has 19 atom stereocenters. The number of carbonyl (C=O) groups excluding carboxylic acids is 9.